The topological polar surface area (TPSA) is 97.4 Å². The number of methoxy groups -OCH3 is 3. The Morgan fingerprint density at radius 1 is 0.833 bits per heavy atom. The van der Waals surface area contributed by atoms with Gasteiger partial charge in [-0.05, 0) is 29.8 Å². The maximum Gasteiger partial charge on any atom is 0.332 e. The summed E-state index contributed by atoms with van der Waals surface area (Å²) in [5.74, 6) is 0.750. The summed E-state index contributed by atoms with van der Waals surface area (Å²) >= 11 is 0. The van der Waals surface area contributed by atoms with Gasteiger partial charge in [-0.2, -0.15) is 0 Å². The number of para-hydroxylation sites is 1. The third-order valence-corrected chi connectivity index (χ3v) is 5.83. The lowest BCUT2D eigenvalue weighted by Gasteiger charge is -2.22. The van der Waals surface area contributed by atoms with Gasteiger partial charge in [0.2, 0.25) is 5.91 Å². The van der Waals surface area contributed by atoms with Gasteiger partial charge in [-0.25, -0.2) is 9.69 Å². The van der Waals surface area contributed by atoms with Crippen LogP contribution in [0.5, 0.6) is 17.2 Å². The van der Waals surface area contributed by atoms with E-state index in [1.807, 2.05) is 12.1 Å². The number of carbonyl (C=O) groups is 3. The Balaban J connectivity index is 1.60. The van der Waals surface area contributed by atoms with Crippen molar-refractivity contribution in [1.29, 1.82) is 0 Å². The number of nitrogens with one attached hydrogen (secondary N) is 1. The van der Waals surface area contributed by atoms with Crippen molar-refractivity contribution in [1.82, 2.24) is 4.90 Å². The fraction of sp³-hybridized carbons (Fsp3) is 0.222. The van der Waals surface area contributed by atoms with Crippen molar-refractivity contribution in [2.75, 3.05) is 31.5 Å². The highest BCUT2D eigenvalue weighted by molar-refractivity contribution is 6.22. The maximum atomic E-state index is 13.4. The summed E-state index contributed by atoms with van der Waals surface area (Å²) in [4.78, 5) is 42.4. The number of amides is 4. The number of nitrogens with zero attached hydrogens (tertiary/aromatic N) is 2. The molecule has 1 aliphatic heterocycles. The smallest absolute Gasteiger partial charge is 0.332 e. The average molecular weight is 490 g/mol. The normalized spacial score (nSPS) is 15.1. The quantitative estimate of drug-likeness (QED) is 0.455. The van der Waals surface area contributed by atoms with Crippen molar-refractivity contribution >= 4 is 29.2 Å². The Morgan fingerprint density at radius 2 is 1.50 bits per heavy atom. The van der Waals surface area contributed by atoms with Crippen LogP contribution in [-0.2, 0) is 16.1 Å². The summed E-state index contributed by atoms with van der Waals surface area (Å²) in [6.07, 6.45) is -0.225. The Hall–Kier alpha value is -4.53. The van der Waals surface area contributed by atoms with Crippen molar-refractivity contribution in [3.63, 3.8) is 0 Å². The summed E-state index contributed by atoms with van der Waals surface area (Å²) in [6, 6.07) is 19.4. The van der Waals surface area contributed by atoms with Crippen LogP contribution in [0, 0.1) is 0 Å². The van der Waals surface area contributed by atoms with Crippen LogP contribution < -0.4 is 24.4 Å². The SMILES string of the molecule is COc1cccc(CN2C(=O)N(c3ccccc3)C(=O)[C@H]2CC(=O)Nc2cc(OC)cc(OC)c2)c1. The molecule has 1 saturated heterocycles. The monoisotopic (exact) mass is 489 g/mol. The zero-order chi connectivity index (χ0) is 25.7. The first-order valence-electron chi connectivity index (χ1n) is 11.3. The molecule has 3 aromatic carbocycles. The molecule has 1 atom stereocenters. The van der Waals surface area contributed by atoms with Crippen LogP contribution in [-0.4, -0.2) is 50.1 Å². The Morgan fingerprint density at radius 3 is 2.14 bits per heavy atom. The molecule has 0 radical (unpaired) electrons. The molecule has 1 fully saturated rings. The molecule has 9 heteroatoms. The average Bonchev–Trinajstić information content (AvgIpc) is 3.12. The minimum Gasteiger partial charge on any atom is -0.497 e. The molecular weight excluding hydrogens is 462 g/mol. The van der Waals surface area contributed by atoms with Crippen molar-refractivity contribution in [3.05, 3.63) is 78.4 Å². The second kappa shape index (κ2) is 10.8. The molecule has 0 aliphatic carbocycles. The molecule has 1 N–H and O–H groups in total. The molecule has 0 saturated carbocycles. The van der Waals surface area contributed by atoms with E-state index in [0.717, 1.165) is 10.5 Å². The molecule has 0 bridgehead atoms. The molecule has 0 spiro atoms. The highest BCUT2D eigenvalue weighted by Crippen LogP contribution is 2.30. The zero-order valence-corrected chi connectivity index (χ0v) is 20.3. The molecular formula is C27H27N3O6. The Kier molecular flexibility index (Phi) is 7.39. The number of hydrogen-bond donors (Lipinski definition) is 1. The molecule has 3 aromatic rings. The second-order valence-corrected chi connectivity index (χ2v) is 8.14. The standard InChI is InChI=1S/C27H27N3O6/c1-34-21-11-7-8-18(12-21)17-29-24(26(32)30(27(29)33)20-9-5-4-6-10-20)16-25(31)28-19-13-22(35-2)15-23(14-19)36-3/h4-15,24H,16-17H2,1-3H3,(H,28,31)/t24-/m1/s1. The van der Waals surface area contributed by atoms with Gasteiger partial charge in [0.15, 0.2) is 0 Å². The van der Waals surface area contributed by atoms with Gasteiger partial charge in [-0.1, -0.05) is 30.3 Å². The van der Waals surface area contributed by atoms with Gasteiger partial charge in [-0.15, -0.1) is 0 Å². The third kappa shape index (κ3) is 5.25. The van der Waals surface area contributed by atoms with E-state index in [0.29, 0.717) is 28.6 Å². The summed E-state index contributed by atoms with van der Waals surface area (Å²) in [7, 11) is 4.58. The minimum absolute atomic E-state index is 0.135. The Labute approximate surface area is 209 Å². The van der Waals surface area contributed by atoms with Crippen molar-refractivity contribution in [3.8, 4) is 17.2 Å². The van der Waals surface area contributed by atoms with Crippen LogP contribution in [0.25, 0.3) is 0 Å². The molecule has 186 valence electrons. The molecule has 4 rings (SSSR count). The number of carbonyl (C=O) groups excluding carboxylic acids is 3. The lowest BCUT2D eigenvalue weighted by molar-refractivity contribution is -0.124. The van der Waals surface area contributed by atoms with E-state index in [9.17, 15) is 14.4 Å². The lowest BCUT2D eigenvalue weighted by Crippen LogP contribution is -2.37. The summed E-state index contributed by atoms with van der Waals surface area (Å²) in [5.41, 5.74) is 1.67. The maximum absolute atomic E-state index is 13.4. The summed E-state index contributed by atoms with van der Waals surface area (Å²) in [6.45, 7) is 0.135. The lowest BCUT2D eigenvalue weighted by atomic mass is 10.1. The van der Waals surface area contributed by atoms with Gasteiger partial charge in [0, 0.05) is 30.4 Å². The van der Waals surface area contributed by atoms with Crippen LogP contribution in [0.3, 0.4) is 0 Å². The van der Waals surface area contributed by atoms with Gasteiger partial charge in [0.1, 0.15) is 23.3 Å². The zero-order valence-electron chi connectivity index (χ0n) is 20.3. The summed E-state index contributed by atoms with van der Waals surface area (Å²) in [5, 5.41) is 2.78. The van der Waals surface area contributed by atoms with E-state index in [4.69, 9.17) is 14.2 Å². The van der Waals surface area contributed by atoms with Crippen LogP contribution in [0.2, 0.25) is 0 Å². The first-order chi connectivity index (χ1) is 17.4. The van der Waals surface area contributed by atoms with Crippen molar-refractivity contribution < 1.29 is 28.6 Å². The number of imide groups is 1. The molecule has 1 heterocycles. The second-order valence-electron chi connectivity index (χ2n) is 8.14. The fourth-order valence-corrected chi connectivity index (χ4v) is 4.06. The van der Waals surface area contributed by atoms with Crippen molar-refractivity contribution in [2.24, 2.45) is 0 Å². The van der Waals surface area contributed by atoms with Gasteiger partial charge < -0.3 is 24.4 Å². The summed E-state index contributed by atoms with van der Waals surface area (Å²) < 4.78 is 15.8. The third-order valence-electron chi connectivity index (χ3n) is 5.83. The number of benzene rings is 3. The van der Waals surface area contributed by atoms with E-state index in [1.165, 1.54) is 19.1 Å². The predicted octanol–water partition coefficient (Wildman–Crippen LogP) is 4.08. The molecule has 4 amide bonds. The molecule has 9 nitrogen and oxygen atoms in total. The molecule has 0 aromatic heterocycles. The highest BCUT2D eigenvalue weighted by atomic mass is 16.5. The van der Waals surface area contributed by atoms with E-state index >= 15 is 0 Å². The van der Waals surface area contributed by atoms with Gasteiger partial charge in [0.25, 0.3) is 5.91 Å². The van der Waals surface area contributed by atoms with Crippen molar-refractivity contribution in [2.45, 2.75) is 19.0 Å². The number of hydrogen-bond acceptors (Lipinski definition) is 6. The molecule has 36 heavy (non-hydrogen) atoms. The molecule has 0 unspecified atom stereocenters. The van der Waals surface area contributed by atoms with Crippen LogP contribution in [0.4, 0.5) is 16.2 Å². The largest absolute Gasteiger partial charge is 0.497 e. The van der Waals surface area contributed by atoms with Crippen LogP contribution >= 0.6 is 0 Å². The Bertz CT molecular complexity index is 1240. The van der Waals surface area contributed by atoms with Crippen LogP contribution in [0.1, 0.15) is 12.0 Å². The van der Waals surface area contributed by atoms with E-state index in [1.54, 1.807) is 67.8 Å². The number of rotatable bonds is 9. The van der Waals surface area contributed by atoms with E-state index < -0.39 is 23.9 Å². The molecule has 1 aliphatic rings. The van der Waals surface area contributed by atoms with E-state index in [2.05, 4.69) is 5.32 Å². The fourth-order valence-electron chi connectivity index (χ4n) is 4.06. The van der Waals surface area contributed by atoms with Gasteiger partial charge in [0.05, 0.1) is 33.4 Å². The van der Waals surface area contributed by atoms with Gasteiger partial charge >= 0.3 is 6.03 Å². The first kappa shape index (κ1) is 24.6. The van der Waals surface area contributed by atoms with Gasteiger partial charge in [-0.3, -0.25) is 9.59 Å². The predicted molar refractivity (Wildman–Crippen MR) is 134 cm³/mol. The number of ether oxygens (including phenoxy) is 3. The first-order valence-corrected chi connectivity index (χ1v) is 11.3. The van der Waals surface area contributed by atoms with E-state index in [-0.39, 0.29) is 13.0 Å². The highest BCUT2D eigenvalue weighted by Gasteiger charge is 2.46. The van der Waals surface area contributed by atoms with Crippen LogP contribution in [0.15, 0.2) is 72.8 Å². The minimum atomic E-state index is -0.989. The number of urea groups is 1. The number of anilines is 2.